The summed E-state index contributed by atoms with van der Waals surface area (Å²) < 4.78 is 43.9. The predicted molar refractivity (Wildman–Crippen MR) is 99.4 cm³/mol. The third-order valence-electron chi connectivity index (χ3n) is 4.80. The van der Waals surface area contributed by atoms with Crippen LogP contribution in [0.25, 0.3) is 11.0 Å². The van der Waals surface area contributed by atoms with Crippen molar-refractivity contribution in [1.82, 2.24) is 15.3 Å². The summed E-state index contributed by atoms with van der Waals surface area (Å²) >= 11 is 0. The summed E-state index contributed by atoms with van der Waals surface area (Å²) in [6.45, 7) is 0. The van der Waals surface area contributed by atoms with E-state index in [2.05, 4.69) is 15.3 Å². The first-order valence-electron chi connectivity index (χ1n) is 8.72. The van der Waals surface area contributed by atoms with Crippen LogP contribution in [0.15, 0.2) is 42.5 Å². The number of imidazole rings is 1. The highest BCUT2D eigenvalue weighted by atomic mass is 19.4. The fourth-order valence-corrected chi connectivity index (χ4v) is 3.31. The van der Waals surface area contributed by atoms with E-state index in [9.17, 15) is 27.6 Å². The third-order valence-corrected chi connectivity index (χ3v) is 4.80. The zero-order valence-electron chi connectivity index (χ0n) is 15.6. The third kappa shape index (κ3) is 3.21. The van der Waals surface area contributed by atoms with Gasteiger partial charge in [-0.25, -0.2) is 14.6 Å². The highest BCUT2D eigenvalue weighted by molar-refractivity contribution is 6.01. The molecular formula is C19H13F3N4O5. The van der Waals surface area contributed by atoms with Crippen molar-refractivity contribution in [3.63, 3.8) is 0 Å². The van der Waals surface area contributed by atoms with Crippen LogP contribution in [0.4, 0.5) is 23.9 Å². The highest BCUT2D eigenvalue weighted by Gasteiger charge is 2.53. The maximum absolute atomic E-state index is 13.0. The Labute approximate surface area is 171 Å². The summed E-state index contributed by atoms with van der Waals surface area (Å²) in [6, 6.07) is 9.84. The lowest BCUT2D eigenvalue weighted by Gasteiger charge is -2.30. The Morgan fingerprint density at radius 1 is 1.19 bits per heavy atom. The minimum absolute atomic E-state index is 0.00747. The highest BCUT2D eigenvalue weighted by Crippen LogP contribution is 2.40. The molecule has 1 atom stereocenters. The van der Waals surface area contributed by atoms with E-state index in [1.54, 1.807) is 0 Å². The van der Waals surface area contributed by atoms with Crippen molar-refractivity contribution in [3.8, 4) is 0 Å². The molecule has 2 heterocycles. The molecule has 0 saturated heterocycles. The zero-order chi connectivity index (χ0) is 22.6. The van der Waals surface area contributed by atoms with E-state index in [1.165, 1.54) is 49.5 Å². The number of nitrogens with zero attached hydrogens (tertiary/aromatic N) is 2. The van der Waals surface area contributed by atoms with Gasteiger partial charge in [-0.1, -0.05) is 24.3 Å². The van der Waals surface area contributed by atoms with E-state index in [0.717, 1.165) is 4.90 Å². The molecule has 0 bridgehead atoms. The van der Waals surface area contributed by atoms with Crippen LogP contribution >= 0.6 is 0 Å². The number of nitrogens with one attached hydrogen (secondary N) is 2. The van der Waals surface area contributed by atoms with Crippen molar-refractivity contribution in [2.75, 3.05) is 11.9 Å². The molecule has 2 amide bonds. The number of esters is 1. The summed E-state index contributed by atoms with van der Waals surface area (Å²) in [6.07, 6.45) is -6.59. The lowest BCUT2D eigenvalue weighted by Crippen LogP contribution is -2.47. The number of hydrogen-bond donors (Lipinski definition) is 3. The van der Waals surface area contributed by atoms with Gasteiger partial charge in [0.25, 0.3) is 5.91 Å². The molecule has 4 rings (SSSR count). The Hall–Kier alpha value is -4.09. The maximum Gasteiger partial charge on any atom is 0.491 e. The van der Waals surface area contributed by atoms with Crippen LogP contribution in [0.5, 0.6) is 0 Å². The molecule has 0 spiro atoms. The number of fused-ring (bicyclic) bond motifs is 2. The first kappa shape index (κ1) is 20.2. The number of anilines is 1. The van der Waals surface area contributed by atoms with E-state index >= 15 is 0 Å². The number of carboxylic acid groups (broad SMARTS) is 1. The Morgan fingerprint density at radius 2 is 1.90 bits per heavy atom. The molecule has 0 radical (unpaired) electrons. The molecule has 12 heteroatoms. The number of rotatable bonds is 3. The molecule has 3 aromatic rings. The van der Waals surface area contributed by atoms with E-state index < -0.39 is 29.9 Å². The number of carbonyl (C=O) groups is 3. The van der Waals surface area contributed by atoms with E-state index in [0.29, 0.717) is 5.52 Å². The fourth-order valence-electron chi connectivity index (χ4n) is 3.31. The average Bonchev–Trinajstić information content (AvgIpc) is 3.26. The number of benzene rings is 2. The summed E-state index contributed by atoms with van der Waals surface area (Å²) in [4.78, 5) is 43.0. The van der Waals surface area contributed by atoms with Crippen LogP contribution in [0.3, 0.4) is 0 Å². The van der Waals surface area contributed by atoms with E-state index in [-0.39, 0.29) is 28.2 Å². The van der Waals surface area contributed by atoms with Crippen LogP contribution in [-0.4, -0.2) is 46.3 Å². The SMILES string of the molecule is CN(C(=O)O)c1nc2cc(C3(OC(=O)C(F)(F)F)NC(=O)c4ccccc43)ccc2[nH]1. The monoisotopic (exact) mass is 434 g/mol. The van der Waals surface area contributed by atoms with Gasteiger partial charge in [-0.05, 0) is 18.2 Å². The summed E-state index contributed by atoms with van der Waals surface area (Å²) in [7, 11) is 1.25. The van der Waals surface area contributed by atoms with Gasteiger partial charge in [0.2, 0.25) is 11.7 Å². The smallest absolute Gasteiger partial charge is 0.465 e. The van der Waals surface area contributed by atoms with Crippen LogP contribution in [0, 0.1) is 0 Å². The van der Waals surface area contributed by atoms with Crippen molar-refractivity contribution < 1.29 is 37.4 Å². The predicted octanol–water partition coefficient (Wildman–Crippen LogP) is 2.73. The second-order valence-corrected chi connectivity index (χ2v) is 6.70. The van der Waals surface area contributed by atoms with Gasteiger partial charge in [0.1, 0.15) is 0 Å². The molecule has 2 aromatic carbocycles. The average molecular weight is 434 g/mol. The normalized spacial score (nSPS) is 17.9. The second kappa shape index (κ2) is 6.72. The van der Waals surface area contributed by atoms with E-state index in [4.69, 9.17) is 9.84 Å². The van der Waals surface area contributed by atoms with Crippen molar-refractivity contribution >= 4 is 35.0 Å². The number of aromatic nitrogens is 2. The second-order valence-electron chi connectivity index (χ2n) is 6.70. The Balaban J connectivity index is 1.89. The molecule has 31 heavy (non-hydrogen) atoms. The van der Waals surface area contributed by atoms with Gasteiger partial charge in [0.05, 0.1) is 11.0 Å². The molecule has 160 valence electrons. The molecule has 1 aliphatic heterocycles. The largest absolute Gasteiger partial charge is 0.491 e. The van der Waals surface area contributed by atoms with Gasteiger partial charge in [0.15, 0.2) is 0 Å². The number of halogens is 3. The van der Waals surface area contributed by atoms with Crippen LogP contribution in [0.2, 0.25) is 0 Å². The van der Waals surface area contributed by atoms with Gasteiger partial charge < -0.3 is 20.1 Å². The van der Waals surface area contributed by atoms with Gasteiger partial charge in [-0.2, -0.15) is 13.2 Å². The lowest BCUT2D eigenvalue weighted by molar-refractivity contribution is -0.213. The minimum Gasteiger partial charge on any atom is -0.465 e. The quantitative estimate of drug-likeness (QED) is 0.545. The maximum atomic E-state index is 13.0. The number of hydrogen-bond acceptors (Lipinski definition) is 5. The molecular weight excluding hydrogens is 421 g/mol. The van der Waals surface area contributed by atoms with Crippen molar-refractivity contribution in [3.05, 3.63) is 59.2 Å². The van der Waals surface area contributed by atoms with Crippen LogP contribution in [0.1, 0.15) is 21.5 Å². The Morgan fingerprint density at radius 3 is 2.58 bits per heavy atom. The van der Waals surface area contributed by atoms with Crippen molar-refractivity contribution in [2.24, 2.45) is 0 Å². The Bertz CT molecular complexity index is 1240. The van der Waals surface area contributed by atoms with E-state index in [1.807, 2.05) is 0 Å². The molecule has 1 aliphatic rings. The van der Waals surface area contributed by atoms with Crippen molar-refractivity contribution in [1.29, 1.82) is 0 Å². The molecule has 9 nitrogen and oxygen atoms in total. The number of amides is 2. The summed E-state index contributed by atoms with van der Waals surface area (Å²) in [5, 5.41) is 11.4. The Kier molecular flexibility index (Phi) is 4.38. The number of alkyl halides is 3. The molecule has 0 aliphatic carbocycles. The lowest BCUT2D eigenvalue weighted by atomic mass is 9.94. The van der Waals surface area contributed by atoms with Crippen molar-refractivity contribution in [2.45, 2.75) is 11.9 Å². The molecule has 0 saturated carbocycles. The van der Waals surface area contributed by atoms with Gasteiger partial charge in [-0.3, -0.25) is 9.69 Å². The topological polar surface area (TPSA) is 125 Å². The number of ether oxygens (including phenoxy) is 1. The summed E-state index contributed by atoms with van der Waals surface area (Å²) in [5.74, 6) is -3.24. The standard InChI is InChI=1S/C19H13F3N4O5/c1-26(17(29)30)16-23-12-7-6-9(8-13(12)24-16)18(31-15(28)19(20,21)22)11-5-3-2-4-10(11)14(27)25-18/h2-8H,1H3,(H,23,24)(H,25,27)(H,29,30). The number of carbonyl (C=O) groups excluding carboxylic acids is 2. The fraction of sp³-hybridized carbons (Fsp3) is 0.158. The van der Waals surface area contributed by atoms with Gasteiger partial charge in [0, 0.05) is 23.7 Å². The molecule has 1 unspecified atom stereocenters. The molecule has 3 N–H and O–H groups in total. The minimum atomic E-state index is -5.30. The molecule has 0 fully saturated rings. The number of aromatic amines is 1. The molecule has 1 aromatic heterocycles. The number of H-pyrrole nitrogens is 1. The summed E-state index contributed by atoms with van der Waals surface area (Å²) in [5.41, 5.74) is -1.62. The van der Waals surface area contributed by atoms with Gasteiger partial charge >= 0.3 is 18.2 Å². The first-order chi connectivity index (χ1) is 14.5. The van der Waals surface area contributed by atoms with Crippen LogP contribution in [-0.2, 0) is 15.3 Å². The first-order valence-corrected chi connectivity index (χ1v) is 8.72. The van der Waals surface area contributed by atoms with Crippen LogP contribution < -0.4 is 10.2 Å². The van der Waals surface area contributed by atoms with Gasteiger partial charge in [-0.15, -0.1) is 0 Å². The zero-order valence-corrected chi connectivity index (χ0v) is 15.6.